The Hall–Kier alpha value is -1.68. The van der Waals surface area contributed by atoms with Crippen LogP contribution in [-0.4, -0.2) is 11.5 Å². The van der Waals surface area contributed by atoms with Crippen molar-refractivity contribution in [3.63, 3.8) is 0 Å². The number of hydrogen-bond acceptors (Lipinski definition) is 2. The predicted octanol–water partition coefficient (Wildman–Crippen LogP) is 4.25. The first-order chi connectivity index (χ1) is 9.04. The summed E-state index contributed by atoms with van der Waals surface area (Å²) in [6.45, 7) is 1.98. The molecule has 98 valence electrons. The predicted molar refractivity (Wildman–Crippen MR) is 72.6 cm³/mol. The lowest BCUT2D eigenvalue weighted by Gasteiger charge is -2.03. The average Bonchev–Trinajstić information content (AvgIpc) is 2.36. The number of Topliss-reactive ketones (excluding diaryl/α,β-unsaturated/α-hetero) is 1. The van der Waals surface area contributed by atoms with Gasteiger partial charge in [-0.25, -0.2) is 8.78 Å². The zero-order valence-electron chi connectivity index (χ0n) is 10.3. The maximum Gasteiger partial charge on any atom is 0.173 e. The summed E-state index contributed by atoms with van der Waals surface area (Å²) in [5.74, 6) is -1.59. The van der Waals surface area contributed by atoms with Gasteiger partial charge in [0.05, 0.1) is 5.75 Å². The fourth-order valence-corrected chi connectivity index (χ4v) is 2.37. The van der Waals surface area contributed by atoms with Crippen molar-refractivity contribution in [3.8, 4) is 0 Å². The third-order valence-electron chi connectivity index (χ3n) is 2.58. The molecule has 0 unspecified atom stereocenters. The summed E-state index contributed by atoms with van der Waals surface area (Å²) in [6, 6.07) is 10.6. The molecular formula is C15H12F2OS. The van der Waals surface area contributed by atoms with Crippen LogP contribution in [0.2, 0.25) is 0 Å². The fourth-order valence-electron chi connectivity index (χ4n) is 1.58. The molecule has 0 radical (unpaired) electrons. The standard InChI is InChI=1S/C15H12F2OS/c1-10-2-4-14(5-3-10)19-9-15(18)11-6-12(16)8-13(17)7-11/h2-8H,9H2,1H3. The van der Waals surface area contributed by atoms with E-state index in [1.54, 1.807) is 0 Å². The van der Waals surface area contributed by atoms with Crippen LogP contribution in [-0.2, 0) is 0 Å². The second-order valence-electron chi connectivity index (χ2n) is 4.18. The van der Waals surface area contributed by atoms with Gasteiger partial charge in [-0.15, -0.1) is 11.8 Å². The molecule has 0 spiro atoms. The zero-order chi connectivity index (χ0) is 13.8. The number of thioether (sulfide) groups is 1. The molecule has 0 N–H and O–H groups in total. The third-order valence-corrected chi connectivity index (χ3v) is 3.59. The molecule has 19 heavy (non-hydrogen) atoms. The van der Waals surface area contributed by atoms with E-state index in [0.29, 0.717) is 0 Å². The normalized spacial score (nSPS) is 10.5. The SMILES string of the molecule is Cc1ccc(SCC(=O)c2cc(F)cc(F)c2)cc1. The Kier molecular flexibility index (Phi) is 4.32. The maximum atomic E-state index is 13.0. The Morgan fingerprint density at radius 1 is 1.05 bits per heavy atom. The highest BCUT2D eigenvalue weighted by atomic mass is 32.2. The van der Waals surface area contributed by atoms with Crippen LogP contribution >= 0.6 is 11.8 Å². The quantitative estimate of drug-likeness (QED) is 0.614. The Morgan fingerprint density at radius 2 is 1.63 bits per heavy atom. The van der Waals surface area contributed by atoms with Gasteiger partial charge in [0.2, 0.25) is 0 Å². The topological polar surface area (TPSA) is 17.1 Å². The molecule has 0 saturated heterocycles. The molecule has 0 saturated carbocycles. The van der Waals surface area contributed by atoms with Gasteiger partial charge in [0.1, 0.15) is 11.6 Å². The van der Waals surface area contributed by atoms with E-state index < -0.39 is 11.6 Å². The van der Waals surface area contributed by atoms with E-state index in [0.717, 1.165) is 28.7 Å². The number of halogens is 2. The van der Waals surface area contributed by atoms with Crippen molar-refractivity contribution in [1.29, 1.82) is 0 Å². The van der Waals surface area contributed by atoms with Crippen molar-refractivity contribution >= 4 is 17.5 Å². The smallest absolute Gasteiger partial charge is 0.173 e. The van der Waals surface area contributed by atoms with E-state index in [-0.39, 0.29) is 17.1 Å². The summed E-state index contributed by atoms with van der Waals surface area (Å²) in [4.78, 5) is 12.8. The Balaban J connectivity index is 2.03. The van der Waals surface area contributed by atoms with Crippen molar-refractivity contribution in [2.75, 3.05) is 5.75 Å². The highest BCUT2D eigenvalue weighted by Crippen LogP contribution is 2.20. The number of carbonyl (C=O) groups is 1. The molecule has 0 atom stereocenters. The summed E-state index contributed by atoms with van der Waals surface area (Å²) in [5, 5.41) is 0. The van der Waals surface area contributed by atoms with Gasteiger partial charge in [-0.3, -0.25) is 4.79 Å². The second kappa shape index (κ2) is 5.97. The average molecular weight is 278 g/mol. The Bertz CT molecular complexity index is 573. The van der Waals surface area contributed by atoms with Crippen LogP contribution in [0.25, 0.3) is 0 Å². The first-order valence-electron chi connectivity index (χ1n) is 5.73. The molecule has 0 aliphatic carbocycles. The first-order valence-corrected chi connectivity index (χ1v) is 6.72. The van der Waals surface area contributed by atoms with Crippen molar-refractivity contribution in [1.82, 2.24) is 0 Å². The highest BCUT2D eigenvalue weighted by Gasteiger charge is 2.09. The molecule has 0 heterocycles. The van der Waals surface area contributed by atoms with Crippen LogP contribution in [0.1, 0.15) is 15.9 Å². The van der Waals surface area contributed by atoms with Crippen molar-refractivity contribution < 1.29 is 13.6 Å². The third kappa shape index (κ3) is 3.89. The van der Waals surface area contributed by atoms with Gasteiger partial charge in [-0.2, -0.15) is 0 Å². The van der Waals surface area contributed by atoms with Crippen LogP contribution in [0.4, 0.5) is 8.78 Å². The number of benzene rings is 2. The van der Waals surface area contributed by atoms with Crippen LogP contribution in [0.5, 0.6) is 0 Å². The van der Waals surface area contributed by atoms with E-state index in [9.17, 15) is 13.6 Å². The molecule has 4 heteroatoms. The number of hydrogen-bond donors (Lipinski definition) is 0. The van der Waals surface area contributed by atoms with Crippen molar-refractivity contribution in [3.05, 3.63) is 65.2 Å². The monoisotopic (exact) mass is 278 g/mol. The van der Waals surface area contributed by atoms with Crippen molar-refractivity contribution in [2.45, 2.75) is 11.8 Å². The minimum absolute atomic E-state index is 0.0668. The highest BCUT2D eigenvalue weighted by molar-refractivity contribution is 8.00. The van der Waals surface area contributed by atoms with E-state index in [1.165, 1.54) is 11.8 Å². The summed E-state index contributed by atoms with van der Waals surface area (Å²) in [6.07, 6.45) is 0. The number of rotatable bonds is 4. The summed E-state index contributed by atoms with van der Waals surface area (Å²) >= 11 is 1.35. The summed E-state index contributed by atoms with van der Waals surface area (Å²) in [5.41, 5.74) is 1.21. The minimum atomic E-state index is -0.733. The molecule has 2 aromatic carbocycles. The van der Waals surface area contributed by atoms with Gasteiger partial charge in [-0.1, -0.05) is 17.7 Å². The molecule has 0 bridgehead atoms. The van der Waals surface area contributed by atoms with Gasteiger partial charge in [0, 0.05) is 16.5 Å². The molecule has 0 amide bonds. The fraction of sp³-hybridized carbons (Fsp3) is 0.133. The van der Waals surface area contributed by atoms with Crippen LogP contribution < -0.4 is 0 Å². The molecule has 0 aliphatic rings. The summed E-state index contributed by atoms with van der Waals surface area (Å²) < 4.78 is 26.0. The number of carbonyl (C=O) groups excluding carboxylic acids is 1. The Morgan fingerprint density at radius 3 is 2.21 bits per heavy atom. The summed E-state index contributed by atoms with van der Waals surface area (Å²) in [7, 11) is 0. The van der Waals surface area contributed by atoms with E-state index in [4.69, 9.17) is 0 Å². The zero-order valence-corrected chi connectivity index (χ0v) is 11.1. The molecule has 0 aromatic heterocycles. The molecule has 2 aromatic rings. The second-order valence-corrected chi connectivity index (χ2v) is 5.23. The number of aryl methyl sites for hydroxylation is 1. The number of ketones is 1. The lowest BCUT2D eigenvalue weighted by atomic mass is 10.1. The van der Waals surface area contributed by atoms with E-state index in [1.807, 2.05) is 31.2 Å². The minimum Gasteiger partial charge on any atom is -0.293 e. The first kappa shape index (κ1) is 13.7. The van der Waals surface area contributed by atoms with E-state index >= 15 is 0 Å². The molecule has 0 fully saturated rings. The van der Waals surface area contributed by atoms with Gasteiger partial charge in [-0.05, 0) is 31.2 Å². The molecule has 2 rings (SSSR count). The van der Waals surface area contributed by atoms with Gasteiger partial charge >= 0.3 is 0 Å². The molecular weight excluding hydrogens is 266 g/mol. The van der Waals surface area contributed by atoms with Crippen molar-refractivity contribution in [2.24, 2.45) is 0 Å². The molecule has 1 nitrogen and oxygen atoms in total. The van der Waals surface area contributed by atoms with Gasteiger partial charge < -0.3 is 0 Å². The maximum absolute atomic E-state index is 13.0. The largest absolute Gasteiger partial charge is 0.293 e. The van der Waals surface area contributed by atoms with Crippen LogP contribution in [0.15, 0.2) is 47.4 Å². The lowest BCUT2D eigenvalue weighted by molar-refractivity contribution is 0.102. The van der Waals surface area contributed by atoms with Gasteiger partial charge in [0.15, 0.2) is 5.78 Å². The molecule has 0 aliphatic heterocycles. The lowest BCUT2D eigenvalue weighted by Crippen LogP contribution is -2.03. The van der Waals surface area contributed by atoms with Gasteiger partial charge in [0.25, 0.3) is 0 Å². The van der Waals surface area contributed by atoms with E-state index in [2.05, 4.69) is 0 Å². The van der Waals surface area contributed by atoms with Crippen LogP contribution in [0, 0.1) is 18.6 Å². The van der Waals surface area contributed by atoms with Crippen LogP contribution in [0.3, 0.4) is 0 Å². The Labute approximate surface area is 114 Å².